The highest BCUT2D eigenvalue weighted by Crippen LogP contribution is 2.08. The van der Waals surface area contributed by atoms with Gasteiger partial charge in [-0.05, 0) is 24.7 Å². The highest BCUT2D eigenvalue weighted by molar-refractivity contribution is 5.66. The number of rotatable bonds is 8. The van der Waals surface area contributed by atoms with Crippen LogP contribution >= 0.6 is 0 Å². The largest absolute Gasteiger partial charge is 0.481 e. The zero-order valence-corrected chi connectivity index (χ0v) is 9.09. The fourth-order valence-corrected chi connectivity index (χ4v) is 1.31. The molecule has 0 aromatic heterocycles. The van der Waals surface area contributed by atoms with Crippen LogP contribution in [0, 0.1) is 24.2 Å². The van der Waals surface area contributed by atoms with Crippen LogP contribution in [0.25, 0.3) is 0 Å². The van der Waals surface area contributed by atoms with Crippen LogP contribution < -0.4 is 0 Å². The summed E-state index contributed by atoms with van der Waals surface area (Å²) in [5.41, 5.74) is 0. The van der Waals surface area contributed by atoms with Crippen LogP contribution in [-0.4, -0.2) is 11.1 Å². The molecule has 0 heterocycles. The van der Waals surface area contributed by atoms with Gasteiger partial charge in [0.1, 0.15) is 0 Å². The lowest BCUT2D eigenvalue weighted by molar-refractivity contribution is -0.137. The Morgan fingerprint density at radius 2 is 1.67 bits per heavy atom. The van der Waals surface area contributed by atoms with Crippen LogP contribution in [0.1, 0.15) is 51.4 Å². The smallest absolute Gasteiger partial charge is 0.303 e. The standard InChI is InChI=1S/C13H18O2/c1-2-3-4-5-6-7-8-9-10-11-12-13(14)15/h1H,5-12H2,(H,14,15). The number of carboxylic acid groups (broad SMARTS) is 1. The van der Waals surface area contributed by atoms with E-state index in [0.717, 1.165) is 44.9 Å². The van der Waals surface area contributed by atoms with Gasteiger partial charge in [-0.2, -0.15) is 0 Å². The molecule has 0 saturated heterocycles. The molecule has 0 amide bonds. The van der Waals surface area contributed by atoms with Crippen molar-refractivity contribution in [1.82, 2.24) is 0 Å². The summed E-state index contributed by atoms with van der Waals surface area (Å²) >= 11 is 0. The van der Waals surface area contributed by atoms with E-state index >= 15 is 0 Å². The summed E-state index contributed by atoms with van der Waals surface area (Å²) in [4.78, 5) is 10.2. The minimum Gasteiger partial charge on any atom is -0.481 e. The van der Waals surface area contributed by atoms with Gasteiger partial charge in [-0.15, -0.1) is 6.42 Å². The summed E-state index contributed by atoms with van der Waals surface area (Å²) in [7, 11) is 0. The second-order valence-corrected chi connectivity index (χ2v) is 3.46. The number of hydrogen-bond donors (Lipinski definition) is 1. The predicted molar refractivity (Wildman–Crippen MR) is 61.2 cm³/mol. The van der Waals surface area contributed by atoms with Gasteiger partial charge in [0.25, 0.3) is 0 Å². The fraction of sp³-hybridized carbons (Fsp3) is 0.615. The lowest BCUT2D eigenvalue weighted by atomic mass is 10.1. The Kier molecular flexibility index (Phi) is 9.67. The molecule has 0 spiro atoms. The van der Waals surface area contributed by atoms with Crippen LogP contribution in [-0.2, 0) is 4.79 Å². The van der Waals surface area contributed by atoms with E-state index in [1.54, 1.807) is 0 Å². The first-order valence-electron chi connectivity index (χ1n) is 5.42. The molecule has 0 radical (unpaired) electrons. The molecule has 2 nitrogen and oxygen atoms in total. The molecule has 0 aliphatic heterocycles. The summed E-state index contributed by atoms with van der Waals surface area (Å²) in [6, 6.07) is 0. The van der Waals surface area contributed by atoms with Gasteiger partial charge in [0.05, 0.1) is 0 Å². The van der Waals surface area contributed by atoms with E-state index < -0.39 is 5.97 Å². The van der Waals surface area contributed by atoms with Gasteiger partial charge in [0, 0.05) is 12.8 Å². The summed E-state index contributed by atoms with van der Waals surface area (Å²) < 4.78 is 0. The maximum Gasteiger partial charge on any atom is 0.303 e. The molecule has 0 aromatic rings. The summed E-state index contributed by atoms with van der Waals surface area (Å²) in [6.07, 6.45) is 12.5. The van der Waals surface area contributed by atoms with E-state index in [1.807, 2.05) is 0 Å². The lowest BCUT2D eigenvalue weighted by Crippen LogP contribution is -1.93. The van der Waals surface area contributed by atoms with E-state index in [9.17, 15) is 4.79 Å². The molecule has 2 heteroatoms. The van der Waals surface area contributed by atoms with Gasteiger partial charge in [0.15, 0.2) is 0 Å². The Morgan fingerprint density at radius 1 is 1.07 bits per heavy atom. The fourth-order valence-electron chi connectivity index (χ4n) is 1.31. The average Bonchev–Trinajstić information content (AvgIpc) is 2.20. The van der Waals surface area contributed by atoms with Gasteiger partial charge < -0.3 is 5.11 Å². The number of carboxylic acids is 1. The van der Waals surface area contributed by atoms with Gasteiger partial charge in [-0.25, -0.2) is 0 Å². The lowest BCUT2D eigenvalue weighted by Gasteiger charge is -1.98. The predicted octanol–water partition coefficient (Wildman–Crippen LogP) is 2.83. The highest BCUT2D eigenvalue weighted by Gasteiger charge is 1.95. The summed E-state index contributed by atoms with van der Waals surface area (Å²) in [5, 5.41) is 8.41. The van der Waals surface area contributed by atoms with Crippen molar-refractivity contribution in [3.63, 3.8) is 0 Å². The molecule has 0 aromatic carbocycles. The SMILES string of the molecule is C#CC#CCCCCCCCCC(=O)O. The van der Waals surface area contributed by atoms with Crippen LogP contribution in [0.5, 0.6) is 0 Å². The summed E-state index contributed by atoms with van der Waals surface area (Å²) in [6.45, 7) is 0. The molecule has 0 bridgehead atoms. The number of carbonyl (C=O) groups is 1. The molecule has 0 fully saturated rings. The van der Waals surface area contributed by atoms with Crippen molar-refractivity contribution >= 4 is 5.97 Å². The third-order valence-corrected chi connectivity index (χ3v) is 2.10. The Hall–Kier alpha value is -1.41. The number of aliphatic carboxylic acids is 1. The molecule has 15 heavy (non-hydrogen) atoms. The second-order valence-electron chi connectivity index (χ2n) is 3.46. The molecule has 0 rings (SSSR count). The highest BCUT2D eigenvalue weighted by atomic mass is 16.4. The van der Waals surface area contributed by atoms with E-state index in [2.05, 4.69) is 17.8 Å². The molecule has 1 N–H and O–H groups in total. The Morgan fingerprint density at radius 3 is 2.27 bits per heavy atom. The second kappa shape index (κ2) is 10.7. The Balaban J connectivity index is 3.06. The van der Waals surface area contributed by atoms with Crippen LogP contribution in [0.3, 0.4) is 0 Å². The molecule has 0 unspecified atom stereocenters. The quantitative estimate of drug-likeness (QED) is 0.490. The molecule has 0 atom stereocenters. The van der Waals surface area contributed by atoms with Crippen molar-refractivity contribution < 1.29 is 9.90 Å². The molecule has 82 valence electrons. The van der Waals surface area contributed by atoms with Crippen molar-refractivity contribution in [1.29, 1.82) is 0 Å². The number of unbranched alkanes of at least 4 members (excludes halogenated alkanes) is 6. The van der Waals surface area contributed by atoms with Crippen LogP contribution in [0.4, 0.5) is 0 Å². The van der Waals surface area contributed by atoms with Gasteiger partial charge in [0.2, 0.25) is 0 Å². The van der Waals surface area contributed by atoms with E-state index in [1.165, 1.54) is 0 Å². The summed E-state index contributed by atoms with van der Waals surface area (Å²) in [5.74, 6) is 7.06. The number of hydrogen-bond acceptors (Lipinski definition) is 1. The van der Waals surface area contributed by atoms with Crippen LogP contribution in [0.15, 0.2) is 0 Å². The Labute approximate surface area is 92.1 Å². The van der Waals surface area contributed by atoms with Crippen LogP contribution in [0.2, 0.25) is 0 Å². The van der Waals surface area contributed by atoms with Crippen molar-refractivity contribution in [2.75, 3.05) is 0 Å². The maximum atomic E-state index is 10.2. The molecular weight excluding hydrogens is 188 g/mol. The van der Waals surface area contributed by atoms with Gasteiger partial charge in [-0.3, -0.25) is 4.79 Å². The first-order chi connectivity index (χ1) is 7.27. The van der Waals surface area contributed by atoms with Gasteiger partial charge in [-0.1, -0.05) is 31.6 Å². The topological polar surface area (TPSA) is 37.3 Å². The minimum absolute atomic E-state index is 0.299. The van der Waals surface area contributed by atoms with E-state index in [0.29, 0.717) is 6.42 Å². The molecule has 0 aliphatic carbocycles. The molecule has 0 aliphatic rings. The number of terminal acetylenes is 1. The monoisotopic (exact) mass is 206 g/mol. The van der Waals surface area contributed by atoms with E-state index in [4.69, 9.17) is 11.5 Å². The average molecular weight is 206 g/mol. The Bertz CT molecular complexity index is 262. The zero-order chi connectivity index (χ0) is 11.4. The van der Waals surface area contributed by atoms with E-state index in [-0.39, 0.29) is 0 Å². The van der Waals surface area contributed by atoms with Crippen molar-refractivity contribution in [3.05, 3.63) is 0 Å². The third kappa shape index (κ3) is 12.6. The minimum atomic E-state index is -0.695. The maximum absolute atomic E-state index is 10.2. The zero-order valence-electron chi connectivity index (χ0n) is 9.09. The van der Waals surface area contributed by atoms with Crippen molar-refractivity contribution in [3.8, 4) is 24.2 Å². The first kappa shape index (κ1) is 13.6. The molecular formula is C13H18O2. The van der Waals surface area contributed by atoms with Gasteiger partial charge >= 0.3 is 5.97 Å². The van der Waals surface area contributed by atoms with Crippen molar-refractivity contribution in [2.24, 2.45) is 0 Å². The first-order valence-corrected chi connectivity index (χ1v) is 5.42. The normalized spacial score (nSPS) is 8.73. The molecule has 0 saturated carbocycles. The van der Waals surface area contributed by atoms with Crippen molar-refractivity contribution in [2.45, 2.75) is 51.4 Å². The third-order valence-electron chi connectivity index (χ3n) is 2.10.